The first-order valence-corrected chi connectivity index (χ1v) is 9.40. The molecule has 1 aliphatic heterocycles. The number of nitrogens with zero attached hydrogens (tertiary/aromatic N) is 1. The van der Waals surface area contributed by atoms with Crippen molar-refractivity contribution in [1.29, 1.82) is 0 Å². The van der Waals surface area contributed by atoms with Crippen LogP contribution in [0.3, 0.4) is 0 Å². The van der Waals surface area contributed by atoms with Crippen LogP contribution < -0.4 is 15.0 Å². The number of methoxy groups -OCH3 is 1. The van der Waals surface area contributed by atoms with E-state index in [1.54, 1.807) is 30.3 Å². The van der Waals surface area contributed by atoms with Crippen molar-refractivity contribution < 1.29 is 23.9 Å². The lowest BCUT2D eigenvalue weighted by molar-refractivity contribution is -0.157. The van der Waals surface area contributed by atoms with Crippen LogP contribution in [0.1, 0.15) is 18.9 Å². The van der Waals surface area contributed by atoms with Gasteiger partial charge in [-0.25, -0.2) is 0 Å². The zero-order valence-corrected chi connectivity index (χ0v) is 16.7. The molecule has 0 aliphatic carbocycles. The molecule has 0 unspecified atom stereocenters. The highest BCUT2D eigenvalue weighted by Crippen LogP contribution is 2.33. The molecule has 1 heterocycles. The smallest absolute Gasteiger partial charge is 0.312 e. The third-order valence-electron chi connectivity index (χ3n) is 4.82. The number of anilines is 2. The molecule has 29 heavy (non-hydrogen) atoms. The number of aryl methyl sites for hydroxylation is 1. The summed E-state index contributed by atoms with van der Waals surface area (Å²) >= 11 is 0. The SMILES string of the molecule is COc1ccccc1N1C[C@@H](C(=O)O[C@@H](C)C(=O)Nc2ccc(C)cc2)CC1=O. The first-order chi connectivity index (χ1) is 13.9. The van der Waals surface area contributed by atoms with E-state index in [1.165, 1.54) is 18.9 Å². The Balaban J connectivity index is 1.60. The van der Waals surface area contributed by atoms with Gasteiger partial charge < -0.3 is 19.7 Å². The van der Waals surface area contributed by atoms with E-state index in [-0.39, 0.29) is 18.9 Å². The lowest BCUT2D eigenvalue weighted by Crippen LogP contribution is -2.33. The van der Waals surface area contributed by atoms with Crippen LogP contribution in [0.25, 0.3) is 0 Å². The van der Waals surface area contributed by atoms with Crippen molar-refractivity contribution in [3.63, 3.8) is 0 Å². The molecule has 1 aliphatic rings. The number of hydrogen-bond acceptors (Lipinski definition) is 5. The molecule has 2 aromatic rings. The normalized spacial score (nSPS) is 17.0. The largest absolute Gasteiger partial charge is 0.495 e. The molecule has 2 atom stereocenters. The van der Waals surface area contributed by atoms with Gasteiger partial charge in [0.2, 0.25) is 5.91 Å². The van der Waals surface area contributed by atoms with Crippen LogP contribution in [-0.4, -0.2) is 37.5 Å². The Kier molecular flexibility index (Phi) is 6.16. The van der Waals surface area contributed by atoms with Gasteiger partial charge in [-0.2, -0.15) is 0 Å². The summed E-state index contributed by atoms with van der Waals surface area (Å²) in [6.07, 6.45) is -0.942. The number of carbonyl (C=O) groups is 3. The summed E-state index contributed by atoms with van der Waals surface area (Å²) in [5.74, 6) is -1.26. The van der Waals surface area contributed by atoms with Gasteiger partial charge in [0, 0.05) is 18.7 Å². The van der Waals surface area contributed by atoms with Crippen molar-refractivity contribution >= 4 is 29.2 Å². The lowest BCUT2D eigenvalue weighted by atomic mass is 10.1. The van der Waals surface area contributed by atoms with Crippen LogP contribution in [0, 0.1) is 12.8 Å². The molecule has 0 radical (unpaired) electrons. The average molecular weight is 396 g/mol. The molecule has 0 saturated carbocycles. The summed E-state index contributed by atoms with van der Waals surface area (Å²) in [5, 5.41) is 2.71. The molecule has 1 fully saturated rings. The zero-order chi connectivity index (χ0) is 21.0. The quantitative estimate of drug-likeness (QED) is 0.759. The van der Waals surface area contributed by atoms with Crippen LogP contribution in [0.5, 0.6) is 5.75 Å². The Labute approximate surface area is 169 Å². The minimum absolute atomic E-state index is 0.0309. The van der Waals surface area contributed by atoms with Gasteiger partial charge in [0.25, 0.3) is 5.91 Å². The molecule has 2 amide bonds. The molecule has 0 spiro atoms. The van der Waals surface area contributed by atoms with E-state index < -0.39 is 23.9 Å². The third-order valence-corrected chi connectivity index (χ3v) is 4.82. The number of hydrogen-bond donors (Lipinski definition) is 1. The fraction of sp³-hybridized carbons (Fsp3) is 0.318. The van der Waals surface area contributed by atoms with Crippen molar-refractivity contribution in [2.75, 3.05) is 23.9 Å². The number of nitrogens with one attached hydrogen (secondary N) is 1. The summed E-state index contributed by atoms with van der Waals surface area (Å²) in [6, 6.07) is 14.4. The Morgan fingerprint density at radius 1 is 1.14 bits per heavy atom. The number of amides is 2. The summed E-state index contributed by atoms with van der Waals surface area (Å²) < 4.78 is 10.6. The van der Waals surface area contributed by atoms with Gasteiger partial charge in [-0.15, -0.1) is 0 Å². The molecule has 0 aromatic heterocycles. The molecule has 1 saturated heterocycles. The maximum atomic E-state index is 12.5. The number of para-hydroxylation sites is 2. The van der Waals surface area contributed by atoms with Gasteiger partial charge in [-0.1, -0.05) is 29.8 Å². The Morgan fingerprint density at radius 2 is 1.83 bits per heavy atom. The molecule has 7 nitrogen and oxygen atoms in total. The van der Waals surface area contributed by atoms with E-state index in [2.05, 4.69) is 5.32 Å². The van der Waals surface area contributed by atoms with Gasteiger partial charge in [0.1, 0.15) is 5.75 Å². The molecule has 2 aromatic carbocycles. The second kappa shape index (κ2) is 8.77. The second-order valence-corrected chi connectivity index (χ2v) is 7.01. The maximum absolute atomic E-state index is 12.5. The van der Waals surface area contributed by atoms with Crippen LogP contribution in [-0.2, 0) is 19.1 Å². The highest BCUT2D eigenvalue weighted by molar-refractivity contribution is 6.01. The Hall–Kier alpha value is -3.35. The second-order valence-electron chi connectivity index (χ2n) is 7.01. The number of benzene rings is 2. The third kappa shape index (κ3) is 4.74. The predicted octanol–water partition coefficient (Wildman–Crippen LogP) is 2.93. The first-order valence-electron chi connectivity index (χ1n) is 9.40. The van der Waals surface area contributed by atoms with Gasteiger partial charge in [0.15, 0.2) is 6.10 Å². The monoisotopic (exact) mass is 396 g/mol. The van der Waals surface area contributed by atoms with Crippen LogP contribution in [0.15, 0.2) is 48.5 Å². The van der Waals surface area contributed by atoms with E-state index >= 15 is 0 Å². The van der Waals surface area contributed by atoms with E-state index in [4.69, 9.17) is 9.47 Å². The molecule has 3 rings (SSSR count). The standard InChI is InChI=1S/C22H24N2O5/c1-14-8-10-17(11-9-14)23-21(26)15(2)29-22(27)16-12-20(25)24(13-16)18-6-4-5-7-19(18)28-3/h4-11,15-16H,12-13H2,1-3H3,(H,23,26)/t15-,16-/m0/s1. The number of esters is 1. The highest BCUT2D eigenvalue weighted by atomic mass is 16.5. The van der Waals surface area contributed by atoms with Crippen LogP contribution in [0.4, 0.5) is 11.4 Å². The van der Waals surface area contributed by atoms with Crippen molar-refractivity contribution in [3.8, 4) is 5.75 Å². The fourth-order valence-electron chi connectivity index (χ4n) is 3.16. The van der Waals surface area contributed by atoms with Crippen molar-refractivity contribution in [2.45, 2.75) is 26.4 Å². The lowest BCUT2D eigenvalue weighted by Gasteiger charge is -2.20. The molecule has 152 valence electrons. The number of ether oxygens (including phenoxy) is 2. The number of carbonyl (C=O) groups excluding carboxylic acids is 3. The first kappa shape index (κ1) is 20.4. The topological polar surface area (TPSA) is 84.9 Å². The minimum Gasteiger partial charge on any atom is -0.495 e. The number of rotatable bonds is 6. The highest BCUT2D eigenvalue weighted by Gasteiger charge is 2.38. The fourth-order valence-corrected chi connectivity index (χ4v) is 3.16. The van der Waals surface area contributed by atoms with Gasteiger partial charge in [0.05, 0.1) is 18.7 Å². The minimum atomic E-state index is -0.973. The van der Waals surface area contributed by atoms with E-state index in [9.17, 15) is 14.4 Å². The molecular formula is C22H24N2O5. The Bertz CT molecular complexity index is 910. The summed E-state index contributed by atoms with van der Waals surface area (Å²) in [5.41, 5.74) is 2.32. The molecule has 7 heteroatoms. The van der Waals surface area contributed by atoms with Gasteiger partial charge in [-0.05, 0) is 38.1 Å². The van der Waals surface area contributed by atoms with E-state index in [0.717, 1.165) is 5.56 Å². The summed E-state index contributed by atoms with van der Waals surface area (Å²) in [7, 11) is 1.53. The van der Waals surface area contributed by atoms with Gasteiger partial charge >= 0.3 is 5.97 Å². The van der Waals surface area contributed by atoms with Crippen molar-refractivity contribution in [1.82, 2.24) is 0 Å². The average Bonchev–Trinajstić information content (AvgIpc) is 3.11. The Morgan fingerprint density at radius 3 is 2.52 bits per heavy atom. The predicted molar refractivity (Wildman–Crippen MR) is 109 cm³/mol. The van der Waals surface area contributed by atoms with Gasteiger partial charge in [-0.3, -0.25) is 14.4 Å². The van der Waals surface area contributed by atoms with Crippen LogP contribution in [0.2, 0.25) is 0 Å². The molecular weight excluding hydrogens is 372 g/mol. The van der Waals surface area contributed by atoms with Crippen molar-refractivity contribution in [2.24, 2.45) is 5.92 Å². The van der Waals surface area contributed by atoms with E-state index in [1.807, 2.05) is 25.1 Å². The summed E-state index contributed by atoms with van der Waals surface area (Å²) in [6.45, 7) is 3.65. The van der Waals surface area contributed by atoms with Crippen molar-refractivity contribution in [3.05, 3.63) is 54.1 Å². The zero-order valence-electron chi connectivity index (χ0n) is 16.7. The van der Waals surface area contributed by atoms with E-state index in [0.29, 0.717) is 17.1 Å². The van der Waals surface area contributed by atoms with Crippen LogP contribution >= 0.6 is 0 Å². The maximum Gasteiger partial charge on any atom is 0.312 e. The molecule has 0 bridgehead atoms. The molecule has 1 N–H and O–H groups in total. The summed E-state index contributed by atoms with van der Waals surface area (Å²) in [4.78, 5) is 38.8.